The largest absolute Gasteiger partial charge is 0.392 e. The van der Waals surface area contributed by atoms with Crippen molar-refractivity contribution in [2.75, 3.05) is 14.2 Å². The Bertz CT molecular complexity index is 562. The number of methoxy groups -OCH3 is 2. The van der Waals surface area contributed by atoms with Crippen LogP contribution in [0.5, 0.6) is 0 Å². The molecule has 8 atom stereocenters. The maximum Gasteiger partial charge on any atom is 0.183 e. The number of ether oxygens (including phenoxy) is 3. The minimum absolute atomic E-state index is 0.0738. The molecule has 3 aliphatic rings. The summed E-state index contributed by atoms with van der Waals surface area (Å²) in [6, 6.07) is 0. The van der Waals surface area contributed by atoms with Crippen LogP contribution >= 0.6 is 0 Å². The maximum atomic E-state index is 11.2. The zero-order valence-electron chi connectivity index (χ0n) is 17.2. The Morgan fingerprint density at radius 2 is 1.85 bits per heavy atom. The molecule has 0 radical (unpaired) electrons. The fourth-order valence-electron chi connectivity index (χ4n) is 5.25. The molecule has 0 aromatic carbocycles. The van der Waals surface area contributed by atoms with E-state index < -0.39 is 6.29 Å². The number of hydrogen-bond acceptors (Lipinski definition) is 4. The Labute approximate surface area is 158 Å². The number of aliphatic hydroxyl groups excluding tert-OH is 1. The Hall–Kier alpha value is -0.680. The Balaban J connectivity index is 1.95. The van der Waals surface area contributed by atoms with Gasteiger partial charge in [0.1, 0.15) is 0 Å². The van der Waals surface area contributed by atoms with E-state index in [0.717, 1.165) is 19.3 Å². The van der Waals surface area contributed by atoms with Gasteiger partial charge in [0.05, 0.1) is 6.10 Å². The molecular weight excluding hydrogens is 328 g/mol. The van der Waals surface area contributed by atoms with Gasteiger partial charge < -0.3 is 19.3 Å². The smallest absolute Gasteiger partial charge is 0.183 e. The van der Waals surface area contributed by atoms with Gasteiger partial charge in [-0.3, -0.25) is 0 Å². The Morgan fingerprint density at radius 3 is 2.46 bits per heavy atom. The van der Waals surface area contributed by atoms with E-state index in [9.17, 15) is 5.11 Å². The number of aliphatic hydroxyl groups is 1. The van der Waals surface area contributed by atoms with Crippen molar-refractivity contribution in [1.82, 2.24) is 0 Å². The van der Waals surface area contributed by atoms with E-state index in [-0.39, 0.29) is 18.3 Å². The van der Waals surface area contributed by atoms with E-state index in [2.05, 4.69) is 33.8 Å². The average molecular weight is 365 g/mol. The summed E-state index contributed by atoms with van der Waals surface area (Å²) in [5.74, 6) is 2.16. The van der Waals surface area contributed by atoms with Crippen LogP contribution in [0.1, 0.15) is 53.4 Å². The minimum Gasteiger partial charge on any atom is -0.392 e. The summed E-state index contributed by atoms with van der Waals surface area (Å²) in [4.78, 5) is 0. The lowest BCUT2D eigenvalue weighted by atomic mass is 9.73. The maximum absolute atomic E-state index is 11.2. The van der Waals surface area contributed by atoms with Crippen LogP contribution in [0.15, 0.2) is 22.8 Å². The second-order valence-electron chi connectivity index (χ2n) is 8.83. The van der Waals surface area contributed by atoms with Gasteiger partial charge in [-0.2, -0.15) is 0 Å². The third-order valence-corrected chi connectivity index (χ3v) is 6.66. The van der Waals surface area contributed by atoms with E-state index in [1.165, 1.54) is 23.1 Å². The van der Waals surface area contributed by atoms with Crippen LogP contribution in [-0.4, -0.2) is 38.0 Å². The first-order valence-electron chi connectivity index (χ1n) is 10.1. The molecule has 0 aromatic rings. The summed E-state index contributed by atoms with van der Waals surface area (Å²) in [6.45, 7) is 8.83. The molecule has 0 saturated heterocycles. The monoisotopic (exact) mass is 364 g/mol. The summed E-state index contributed by atoms with van der Waals surface area (Å²) < 4.78 is 17.4. The summed E-state index contributed by atoms with van der Waals surface area (Å²) in [7, 11) is 3.40. The van der Waals surface area contributed by atoms with Gasteiger partial charge in [-0.1, -0.05) is 25.5 Å². The van der Waals surface area contributed by atoms with Crippen LogP contribution in [0.3, 0.4) is 0 Å². The highest BCUT2D eigenvalue weighted by atomic mass is 16.8. The van der Waals surface area contributed by atoms with Crippen molar-refractivity contribution in [1.29, 1.82) is 0 Å². The van der Waals surface area contributed by atoms with Crippen LogP contribution in [0.2, 0.25) is 0 Å². The number of fused-ring (bicyclic) bond motifs is 2. The molecule has 2 aliphatic carbocycles. The first-order chi connectivity index (χ1) is 12.4. The topological polar surface area (TPSA) is 47.9 Å². The van der Waals surface area contributed by atoms with Crippen molar-refractivity contribution in [3.05, 3.63) is 22.8 Å². The molecule has 3 rings (SSSR count). The minimum atomic E-state index is -0.393. The van der Waals surface area contributed by atoms with Crippen LogP contribution < -0.4 is 0 Å². The third-order valence-electron chi connectivity index (χ3n) is 6.66. The quantitative estimate of drug-likeness (QED) is 0.714. The normalized spacial score (nSPS) is 40.3. The highest BCUT2D eigenvalue weighted by Gasteiger charge is 2.54. The standard InChI is InChI=1S/C22H36O4/c1-12(2)8-7-9-13(3)18-17(23)10-14(4)15-11-16(15)19-20(18)22(25-6)26-21(19)24-5/h8,13-18,21-23H,7,9-11H2,1-6H3/t13-,14-,15+,16+,17-,18-,21-,22+/m1/s1. The SMILES string of the molecule is CO[C@H]1O[C@@H](OC)C2=C1[C@H]([C@H](C)CCC=C(C)C)[C@H](O)C[C@@H](C)[C@@H]1C[C@H]21. The molecule has 0 amide bonds. The molecule has 26 heavy (non-hydrogen) atoms. The van der Waals surface area contributed by atoms with Gasteiger partial charge >= 0.3 is 0 Å². The zero-order valence-corrected chi connectivity index (χ0v) is 17.2. The molecule has 0 aromatic heterocycles. The zero-order chi connectivity index (χ0) is 19.0. The molecule has 1 fully saturated rings. The van der Waals surface area contributed by atoms with Gasteiger partial charge in [0.2, 0.25) is 0 Å². The second-order valence-corrected chi connectivity index (χ2v) is 8.83. The first kappa shape index (κ1) is 20.1. The van der Waals surface area contributed by atoms with Gasteiger partial charge in [0.25, 0.3) is 0 Å². The number of allylic oxidation sites excluding steroid dienone is 2. The van der Waals surface area contributed by atoms with Gasteiger partial charge in [-0.05, 0) is 74.3 Å². The highest BCUT2D eigenvalue weighted by Crippen LogP contribution is 2.58. The van der Waals surface area contributed by atoms with E-state index in [0.29, 0.717) is 23.7 Å². The molecular formula is C22H36O4. The van der Waals surface area contributed by atoms with E-state index >= 15 is 0 Å². The predicted molar refractivity (Wildman–Crippen MR) is 102 cm³/mol. The van der Waals surface area contributed by atoms with Crippen molar-refractivity contribution in [2.24, 2.45) is 29.6 Å². The summed E-state index contributed by atoms with van der Waals surface area (Å²) in [6.07, 6.45) is 5.37. The lowest BCUT2D eigenvalue weighted by Gasteiger charge is -2.35. The molecule has 0 spiro atoms. The van der Waals surface area contributed by atoms with Crippen LogP contribution in [-0.2, 0) is 14.2 Å². The van der Waals surface area contributed by atoms with E-state index in [1.807, 2.05) is 0 Å². The van der Waals surface area contributed by atoms with Gasteiger partial charge in [0, 0.05) is 20.1 Å². The first-order valence-corrected chi connectivity index (χ1v) is 10.1. The van der Waals surface area contributed by atoms with Crippen molar-refractivity contribution in [3.8, 4) is 0 Å². The fourth-order valence-corrected chi connectivity index (χ4v) is 5.25. The molecule has 4 heteroatoms. The van der Waals surface area contributed by atoms with Gasteiger partial charge in [-0.15, -0.1) is 0 Å². The Morgan fingerprint density at radius 1 is 1.19 bits per heavy atom. The molecule has 1 heterocycles. The van der Waals surface area contributed by atoms with E-state index in [4.69, 9.17) is 14.2 Å². The summed E-state index contributed by atoms with van der Waals surface area (Å²) >= 11 is 0. The van der Waals surface area contributed by atoms with Crippen molar-refractivity contribution >= 4 is 0 Å². The number of rotatable bonds is 6. The average Bonchev–Trinajstić information content (AvgIpc) is 3.28. The number of hydrogen-bond donors (Lipinski definition) is 1. The highest BCUT2D eigenvalue weighted by molar-refractivity contribution is 5.34. The third kappa shape index (κ3) is 3.80. The molecule has 1 aliphatic heterocycles. The summed E-state index contributed by atoms with van der Waals surface area (Å²) in [5.41, 5.74) is 3.80. The molecule has 148 valence electrons. The van der Waals surface area contributed by atoms with Crippen LogP contribution in [0, 0.1) is 29.6 Å². The molecule has 1 N–H and O–H groups in total. The Kier molecular flexibility index (Phi) is 6.28. The molecule has 1 saturated carbocycles. The predicted octanol–water partition coefficient (Wildman–Crippen LogP) is 4.29. The van der Waals surface area contributed by atoms with E-state index in [1.54, 1.807) is 14.2 Å². The van der Waals surface area contributed by atoms with Crippen molar-refractivity contribution in [2.45, 2.75) is 72.1 Å². The second kappa shape index (κ2) is 8.14. The van der Waals surface area contributed by atoms with Crippen LogP contribution in [0.25, 0.3) is 0 Å². The molecule has 0 unspecified atom stereocenters. The molecule has 4 nitrogen and oxygen atoms in total. The van der Waals surface area contributed by atoms with Gasteiger partial charge in [-0.25, -0.2) is 0 Å². The molecule has 0 bridgehead atoms. The van der Waals surface area contributed by atoms with Crippen molar-refractivity contribution in [3.63, 3.8) is 0 Å². The van der Waals surface area contributed by atoms with Crippen molar-refractivity contribution < 1.29 is 19.3 Å². The van der Waals surface area contributed by atoms with Gasteiger partial charge in [0.15, 0.2) is 12.6 Å². The lowest BCUT2D eigenvalue weighted by Crippen LogP contribution is -2.35. The summed E-state index contributed by atoms with van der Waals surface area (Å²) in [5, 5.41) is 11.2. The fraction of sp³-hybridized carbons (Fsp3) is 0.818. The van der Waals surface area contributed by atoms with Crippen LogP contribution in [0.4, 0.5) is 0 Å². The lowest BCUT2D eigenvalue weighted by molar-refractivity contribution is -0.183.